The molecule has 6 nitrogen and oxygen atoms in total. The third kappa shape index (κ3) is 4.39. The number of aromatic nitrogens is 1. The maximum absolute atomic E-state index is 13.8. The van der Waals surface area contributed by atoms with Gasteiger partial charge in [0.2, 0.25) is 11.8 Å². The SMILES string of the molecule is CC1(C)C(=O)N2CCN(Cc3cn(Cc4ccccc4)c4ccccc34)CC2C(=O)N1Cc1ccccc1. The number of amides is 2. The summed E-state index contributed by atoms with van der Waals surface area (Å²) in [5.74, 6) is 0.0757. The zero-order valence-corrected chi connectivity index (χ0v) is 22.1. The molecule has 2 amide bonds. The monoisotopic (exact) mass is 506 g/mol. The Kier molecular flexibility index (Phi) is 6.28. The van der Waals surface area contributed by atoms with Crippen LogP contribution in [0, 0.1) is 0 Å². The largest absolute Gasteiger partial charge is 0.343 e. The van der Waals surface area contributed by atoms with Crippen LogP contribution in [0.2, 0.25) is 0 Å². The van der Waals surface area contributed by atoms with Crippen LogP contribution in [0.15, 0.2) is 91.1 Å². The van der Waals surface area contributed by atoms with Crippen LogP contribution in [0.25, 0.3) is 10.9 Å². The molecular weight excluding hydrogens is 472 g/mol. The van der Waals surface area contributed by atoms with Gasteiger partial charge >= 0.3 is 0 Å². The predicted octanol–water partition coefficient (Wildman–Crippen LogP) is 4.52. The minimum Gasteiger partial charge on any atom is -0.343 e. The molecule has 0 saturated carbocycles. The van der Waals surface area contributed by atoms with E-state index in [4.69, 9.17) is 0 Å². The number of para-hydroxylation sites is 1. The molecule has 194 valence electrons. The number of piperazine rings is 2. The predicted molar refractivity (Wildman–Crippen MR) is 149 cm³/mol. The van der Waals surface area contributed by atoms with E-state index < -0.39 is 11.6 Å². The smallest absolute Gasteiger partial charge is 0.248 e. The van der Waals surface area contributed by atoms with Crippen molar-refractivity contribution in [3.63, 3.8) is 0 Å². The van der Waals surface area contributed by atoms with Crippen LogP contribution in [0.4, 0.5) is 0 Å². The summed E-state index contributed by atoms with van der Waals surface area (Å²) in [6, 6.07) is 28.5. The molecule has 0 bridgehead atoms. The zero-order valence-electron chi connectivity index (χ0n) is 22.1. The fourth-order valence-corrected chi connectivity index (χ4v) is 6.00. The fourth-order valence-electron chi connectivity index (χ4n) is 6.00. The second-order valence-corrected chi connectivity index (χ2v) is 11.0. The molecule has 2 saturated heterocycles. The lowest BCUT2D eigenvalue weighted by atomic mass is 9.91. The van der Waals surface area contributed by atoms with Gasteiger partial charge in [-0.3, -0.25) is 14.5 Å². The van der Waals surface area contributed by atoms with Gasteiger partial charge < -0.3 is 14.4 Å². The maximum atomic E-state index is 13.8. The van der Waals surface area contributed by atoms with E-state index in [0.717, 1.165) is 25.2 Å². The van der Waals surface area contributed by atoms with Gasteiger partial charge in [-0.25, -0.2) is 0 Å². The first-order valence-electron chi connectivity index (χ1n) is 13.4. The minimum absolute atomic E-state index is 0.0367. The van der Waals surface area contributed by atoms with Crippen LogP contribution in [0.1, 0.15) is 30.5 Å². The van der Waals surface area contributed by atoms with Crippen molar-refractivity contribution < 1.29 is 9.59 Å². The van der Waals surface area contributed by atoms with Crippen molar-refractivity contribution in [2.24, 2.45) is 0 Å². The third-order valence-electron chi connectivity index (χ3n) is 8.12. The van der Waals surface area contributed by atoms with Gasteiger partial charge in [0.05, 0.1) is 0 Å². The molecule has 0 spiro atoms. The van der Waals surface area contributed by atoms with E-state index >= 15 is 0 Å². The number of fused-ring (bicyclic) bond motifs is 2. The molecule has 38 heavy (non-hydrogen) atoms. The molecule has 0 N–H and O–H groups in total. The van der Waals surface area contributed by atoms with Crippen molar-refractivity contribution in [1.29, 1.82) is 0 Å². The van der Waals surface area contributed by atoms with Gasteiger partial charge in [-0.15, -0.1) is 0 Å². The summed E-state index contributed by atoms with van der Waals surface area (Å²) < 4.78 is 2.32. The molecule has 1 atom stereocenters. The summed E-state index contributed by atoms with van der Waals surface area (Å²) in [5, 5.41) is 1.24. The molecule has 6 heteroatoms. The molecule has 1 aromatic heterocycles. The van der Waals surface area contributed by atoms with Gasteiger partial charge in [-0.2, -0.15) is 0 Å². The zero-order chi connectivity index (χ0) is 26.3. The summed E-state index contributed by atoms with van der Waals surface area (Å²) in [6.45, 7) is 7.62. The summed E-state index contributed by atoms with van der Waals surface area (Å²) in [4.78, 5) is 33.3. The molecule has 2 aliphatic rings. The molecule has 4 aromatic rings. The Morgan fingerprint density at radius 3 is 2.11 bits per heavy atom. The van der Waals surface area contributed by atoms with Crippen molar-refractivity contribution in [3.05, 3.63) is 108 Å². The Morgan fingerprint density at radius 1 is 0.763 bits per heavy atom. The number of carbonyl (C=O) groups is 2. The molecule has 1 unspecified atom stereocenters. The second kappa shape index (κ2) is 9.76. The van der Waals surface area contributed by atoms with E-state index in [-0.39, 0.29) is 11.8 Å². The van der Waals surface area contributed by atoms with Crippen molar-refractivity contribution in [1.82, 2.24) is 19.3 Å². The van der Waals surface area contributed by atoms with Gasteiger partial charge in [0.25, 0.3) is 0 Å². The number of benzene rings is 3. The van der Waals surface area contributed by atoms with Gasteiger partial charge in [-0.05, 0) is 36.6 Å². The Hall–Kier alpha value is -3.90. The van der Waals surface area contributed by atoms with E-state index in [1.165, 1.54) is 22.0 Å². The maximum Gasteiger partial charge on any atom is 0.248 e. The van der Waals surface area contributed by atoms with E-state index in [1.807, 2.05) is 55.1 Å². The Bertz CT molecular complexity index is 1460. The lowest BCUT2D eigenvalue weighted by Crippen LogP contribution is -2.73. The van der Waals surface area contributed by atoms with Crippen LogP contribution < -0.4 is 0 Å². The number of nitrogens with zero attached hydrogens (tertiary/aromatic N) is 4. The van der Waals surface area contributed by atoms with Gasteiger partial charge in [0.1, 0.15) is 11.6 Å². The average Bonchev–Trinajstić information content (AvgIpc) is 3.28. The Balaban J connectivity index is 1.24. The molecule has 2 fully saturated rings. The highest BCUT2D eigenvalue weighted by Gasteiger charge is 2.52. The van der Waals surface area contributed by atoms with Crippen LogP contribution in [-0.4, -0.2) is 62.3 Å². The van der Waals surface area contributed by atoms with Crippen molar-refractivity contribution in [2.45, 2.75) is 45.1 Å². The third-order valence-corrected chi connectivity index (χ3v) is 8.12. The summed E-state index contributed by atoms with van der Waals surface area (Å²) in [6.07, 6.45) is 2.25. The van der Waals surface area contributed by atoms with Crippen LogP contribution in [0.3, 0.4) is 0 Å². The van der Waals surface area contributed by atoms with Crippen LogP contribution in [0.5, 0.6) is 0 Å². The first-order chi connectivity index (χ1) is 18.4. The molecule has 3 heterocycles. The molecular formula is C32H34N4O2. The topological polar surface area (TPSA) is 48.8 Å². The Morgan fingerprint density at radius 2 is 1.39 bits per heavy atom. The lowest BCUT2D eigenvalue weighted by Gasteiger charge is -2.52. The van der Waals surface area contributed by atoms with Crippen molar-refractivity contribution in [2.75, 3.05) is 19.6 Å². The average molecular weight is 507 g/mol. The molecule has 0 radical (unpaired) electrons. The van der Waals surface area contributed by atoms with Crippen LogP contribution >= 0.6 is 0 Å². The summed E-state index contributed by atoms with van der Waals surface area (Å²) in [7, 11) is 0. The van der Waals surface area contributed by atoms with Gasteiger partial charge in [0, 0.05) is 56.4 Å². The standard InChI is InChI=1S/C32H34N4O2/c1-32(2)31(38)35-18-17-33(23-29(35)30(37)36(32)20-25-13-7-4-8-14-25)21-26-22-34(19-24-11-5-3-6-12-24)28-16-10-9-15-27(26)28/h3-16,22,29H,17-21,23H2,1-2H3. The Labute approximate surface area is 224 Å². The summed E-state index contributed by atoms with van der Waals surface area (Å²) in [5.41, 5.74) is 3.90. The van der Waals surface area contributed by atoms with Crippen LogP contribution in [-0.2, 0) is 29.2 Å². The van der Waals surface area contributed by atoms with Gasteiger partial charge in [0.15, 0.2) is 0 Å². The van der Waals surface area contributed by atoms with E-state index in [9.17, 15) is 9.59 Å². The summed E-state index contributed by atoms with van der Waals surface area (Å²) >= 11 is 0. The van der Waals surface area contributed by atoms with E-state index in [0.29, 0.717) is 19.6 Å². The second-order valence-electron chi connectivity index (χ2n) is 11.0. The molecule has 3 aromatic carbocycles. The molecule has 2 aliphatic heterocycles. The first-order valence-corrected chi connectivity index (χ1v) is 13.4. The fraction of sp³-hybridized carbons (Fsp3) is 0.312. The quantitative estimate of drug-likeness (QED) is 0.386. The number of rotatable bonds is 6. The van der Waals surface area contributed by atoms with Crippen molar-refractivity contribution >= 4 is 22.7 Å². The van der Waals surface area contributed by atoms with E-state index in [2.05, 4.69) is 64.2 Å². The highest BCUT2D eigenvalue weighted by Crippen LogP contribution is 2.32. The molecule has 6 rings (SSSR count). The molecule has 0 aliphatic carbocycles. The number of carbonyl (C=O) groups excluding carboxylic acids is 2. The number of hydrogen-bond acceptors (Lipinski definition) is 3. The highest BCUT2D eigenvalue weighted by atomic mass is 16.2. The highest BCUT2D eigenvalue weighted by molar-refractivity contribution is 5.99. The first kappa shape index (κ1) is 24.4. The van der Waals surface area contributed by atoms with Crippen molar-refractivity contribution in [3.8, 4) is 0 Å². The number of hydrogen-bond donors (Lipinski definition) is 0. The normalized spacial score (nSPS) is 19.7. The lowest BCUT2D eigenvalue weighted by molar-refractivity contribution is -0.173. The van der Waals surface area contributed by atoms with E-state index in [1.54, 1.807) is 4.90 Å². The van der Waals surface area contributed by atoms with Gasteiger partial charge in [-0.1, -0.05) is 78.9 Å². The minimum atomic E-state index is -0.865.